The maximum Gasteiger partial charge on any atom is 0.220 e. The Morgan fingerprint density at radius 3 is 2.00 bits per heavy atom. The zero-order valence-corrected chi connectivity index (χ0v) is 18.5. The quantitative estimate of drug-likeness (QED) is 0.429. The molecule has 0 aliphatic heterocycles. The van der Waals surface area contributed by atoms with Crippen molar-refractivity contribution in [2.45, 2.75) is 59.4 Å². The second-order valence-corrected chi connectivity index (χ2v) is 8.37. The fraction of sp³-hybridized carbons (Fsp3) is 0.409. The highest BCUT2D eigenvalue weighted by atomic mass is 32.1. The molecule has 0 atom stereocenters. The molecule has 1 aromatic heterocycles. The molecule has 0 unspecified atom stereocenters. The summed E-state index contributed by atoms with van der Waals surface area (Å²) in [7, 11) is 0. The summed E-state index contributed by atoms with van der Waals surface area (Å²) in [6.07, 6.45) is 0. The molecule has 0 aliphatic carbocycles. The highest BCUT2D eigenvalue weighted by Gasteiger charge is 2.21. The fourth-order valence-electron chi connectivity index (χ4n) is 3.21. The Kier molecular flexibility index (Phi) is 6.17. The molecule has 0 bridgehead atoms. The molecule has 3 aromatic rings. The Bertz CT molecular complexity index is 1040. The smallest absolute Gasteiger partial charge is 0.220 e. The molecule has 154 valence electrons. The van der Waals surface area contributed by atoms with Crippen molar-refractivity contribution in [3.05, 3.63) is 58.1 Å². The summed E-state index contributed by atoms with van der Waals surface area (Å²) in [5, 5.41) is 8.58. The first-order valence-electron chi connectivity index (χ1n) is 9.85. The van der Waals surface area contributed by atoms with Crippen molar-refractivity contribution in [1.29, 1.82) is 0 Å². The highest BCUT2D eigenvalue weighted by molar-refractivity contribution is 7.71. The third-order valence-corrected chi connectivity index (χ3v) is 5.11. The molecule has 0 saturated carbocycles. The molecular formula is C22H27FN4OS. The zero-order valence-electron chi connectivity index (χ0n) is 17.7. The second kappa shape index (κ2) is 8.45. The van der Waals surface area contributed by atoms with Crippen molar-refractivity contribution in [3.63, 3.8) is 0 Å². The van der Waals surface area contributed by atoms with Crippen molar-refractivity contribution in [2.75, 3.05) is 0 Å². The Labute approximate surface area is 176 Å². The van der Waals surface area contributed by atoms with Gasteiger partial charge >= 0.3 is 0 Å². The van der Waals surface area contributed by atoms with E-state index < -0.39 is 5.82 Å². The molecule has 0 N–H and O–H groups in total. The van der Waals surface area contributed by atoms with Gasteiger partial charge in [-0.1, -0.05) is 39.8 Å². The van der Waals surface area contributed by atoms with E-state index in [4.69, 9.17) is 17.0 Å². The summed E-state index contributed by atoms with van der Waals surface area (Å²) in [6, 6.07) is 10.4. The summed E-state index contributed by atoms with van der Waals surface area (Å²) in [5.74, 6) is 0.757. The van der Waals surface area contributed by atoms with Gasteiger partial charge in [-0.25, -0.2) is 9.07 Å². The molecule has 0 amide bonds. The Balaban J connectivity index is 2.21. The van der Waals surface area contributed by atoms with E-state index in [0.29, 0.717) is 10.5 Å². The summed E-state index contributed by atoms with van der Waals surface area (Å²) in [4.78, 5) is 0. The topological polar surface area (TPSA) is 44.9 Å². The van der Waals surface area contributed by atoms with Crippen LogP contribution in [0.5, 0.6) is 11.5 Å². The maximum absolute atomic E-state index is 14.1. The predicted molar refractivity (Wildman–Crippen MR) is 115 cm³/mol. The molecule has 0 spiro atoms. The Morgan fingerprint density at radius 2 is 1.52 bits per heavy atom. The van der Waals surface area contributed by atoms with Gasteiger partial charge in [0.05, 0.1) is 11.7 Å². The molecular weight excluding hydrogens is 387 g/mol. The monoisotopic (exact) mass is 414 g/mol. The van der Waals surface area contributed by atoms with Crippen LogP contribution in [0.3, 0.4) is 0 Å². The van der Waals surface area contributed by atoms with Gasteiger partial charge in [-0.15, -0.1) is 0 Å². The average molecular weight is 415 g/mol. The standard InChI is InChI=1S/C22H27FN4OS/c1-13(2)17-11-16(28-20-10-8-7-9-19(20)23)12-18(14(3)4)21(17)27-22(29)26(15(5)6)24-25-27/h7-15H,1-6H3. The van der Waals surface area contributed by atoms with Crippen LogP contribution < -0.4 is 4.74 Å². The van der Waals surface area contributed by atoms with Gasteiger partial charge in [-0.2, -0.15) is 4.68 Å². The molecule has 0 radical (unpaired) electrons. The largest absolute Gasteiger partial charge is 0.454 e. The van der Waals surface area contributed by atoms with Crippen LogP contribution >= 0.6 is 12.2 Å². The maximum atomic E-state index is 14.1. The van der Waals surface area contributed by atoms with Crippen molar-refractivity contribution < 1.29 is 9.13 Å². The van der Waals surface area contributed by atoms with Crippen molar-refractivity contribution in [1.82, 2.24) is 19.8 Å². The fourth-order valence-corrected chi connectivity index (χ4v) is 3.59. The summed E-state index contributed by atoms with van der Waals surface area (Å²) in [5.41, 5.74) is 2.97. The third-order valence-electron chi connectivity index (χ3n) is 4.75. The summed E-state index contributed by atoms with van der Waals surface area (Å²) in [6.45, 7) is 12.5. The third kappa shape index (κ3) is 4.24. The number of nitrogens with zero attached hydrogens (tertiary/aromatic N) is 4. The molecule has 2 aromatic carbocycles. The first-order chi connectivity index (χ1) is 13.7. The summed E-state index contributed by atoms with van der Waals surface area (Å²) < 4.78 is 24.0. The molecule has 0 aliphatic rings. The van der Waals surface area contributed by atoms with Gasteiger partial charge in [0, 0.05) is 0 Å². The number of hydrogen-bond donors (Lipinski definition) is 0. The van der Waals surface area contributed by atoms with E-state index in [1.165, 1.54) is 6.07 Å². The lowest BCUT2D eigenvalue weighted by Crippen LogP contribution is -2.10. The minimum absolute atomic E-state index is 0.116. The van der Waals surface area contributed by atoms with Gasteiger partial charge in [0.15, 0.2) is 11.6 Å². The van der Waals surface area contributed by atoms with Crippen LogP contribution in [-0.4, -0.2) is 19.8 Å². The number of aromatic nitrogens is 4. The Morgan fingerprint density at radius 1 is 0.931 bits per heavy atom. The van der Waals surface area contributed by atoms with Crippen molar-refractivity contribution >= 4 is 12.2 Å². The first kappa shape index (κ1) is 21.2. The zero-order chi connectivity index (χ0) is 21.3. The number of tetrazole rings is 1. The average Bonchev–Trinajstić information content (AvgIpc) is 3.04. The SMILES string of the molecule is CC(C)c1cc(Oc2ccccc2F)cc(C(C)C)c1-n1nnn(C(C)C)c1=S. The second-order valence-electron chi connectivity index (χ2n) is 8.00. The molecule has 1 heterocycles. The van der Waals surface area contributed by atoms with E-state index in [-0.39, 0.29) is 23.6 Å². The van der Waals surface area contributed by atoms with Crippen LogP contribution in [0, 0.1) is 10.6 Å². The number of hydrogen-bond acceptors (Lipinski definition) is 4. The van der Waals surface area contributed by atoms with E-state index in [9.17, 15) is 4.39 Å². The molecule has 0 fully saturated rings. The number of benzene rings is 2. The molecule has 3 rings (SSSR count). The van der Waals surface area contributed by atoms with Gasteiger partial charge in [-0.3, -0.25) is 0 Å². The van der Waals surface area contributed by atoms with Crippen LogP contribution in [0.1, 0.15) is 70.5 Å². The molecule has 7 heteroatoms. The number of ether oxygens (including phenoxy) is 1. The van der Waals surface area contributed by atoms with E-state index in [0.717, 1.165) is 16.8 Å². The number of halogens is 1. The van der Waals surface area contributed by atoms with E-state index in [2.05, 4.69) is 38.1 Å². The van der Waals surface area contributed by atoms with E-state index >= 15 is 0 Å². The van der Waals surface area contributed by atoms with Crippen LogP contribution in [0.4, 0.5) is 4.39 Å². The number of rotatable bonds is 6. The number of para-hydroxylation sites is 1. The Hall–Kier alpha value is -2.54. The van der Waals surface area contributed by atoms with Gasteiger partial charge in [0.25, 0.3) is 0 Å². The van der Waals surface area contributed by atoms with Gasteiger partial charge in [0.1, 0.15) is 5.75 Å². The molecule has 29 heavy (non-hydrogen) atoms. The van der Waals surface area contributed by atoms with Gasteiger partial charge < -0.3 is 4.74 Å². The lowest BCUT2D eigenvalue weighted by Gasteiger charge is -2.21. The van der Waals surface area contributed by atoms with Crippen LogP contribution in [-0.2, 0) is 0 Å². The normalized spacial score (nSPS) is 11.7. The first-order valence-corrected chi connectivity index (χ1v) is 10.3. The van der Waals surface area contributed by atoms with Gasteiger partial charge in [-0.05, 0) is 83.7 Å². The van der Waals surface area contributed by atoms with Crippen molar-refractivity contribution in [3.8, 4) is 17.2 Å². The predicted octanol–water partition coefficient (Wildman–Crippen LogP) is 6.56. The van der Waals surface area contributed by atoms with Crippen LogP contribution in [0.25, 0.3) is 5.69 Å². The van der Waals surface area contributed by atoms with Gasteiger partial charge in [0.2, 0.25) is 4.77 Å². The lowest BCUT2D eigenvalue weighted by molar-refractivity contribution is 0.440. The highest BCUT2D eigenvalue weighted by Crippen LogP contribution is 2.37. The van der Waals surface area contributed by atoms with E-state index in [1.807, 2.05) is 26.0 Å². The molecule has 0 saturated heterocycles. The minimum Gasteiger partial charge on any atom is -0.454 e. The van der Waals surface area contributed by atoms with Crippen LogP contribution in [0.15, 0.2) is 36.4 Å². The lowest BCUT2D eigenvalue weighted by atomic mass is 9.92. The molecule has 5 nitrogen and oxygen atoms in total. The van der Waals surface area contributed by atoms with Crippen LogP contribution in [0.2, 0.25) is 0 Å². The minimum atomic E-state index is -0.393. The summed E-state index contributed by atoms with van der Waals surface area (Å²) >= 11 is 5.65. The van der Waals surface area contributed by atoms with E-state index in [1.54, 1.807) is 27.6 Å². The van der Waals surface area contributed by atoms with Crippen molar-refractivity contribution in [2.24, 2.45) is 0 Å².